The van der Waals surface area contributed by atoms with Crippen molar-refractivity contribution in [2.24, 2.45) is 29.1 Å². The van der Waals surface area contributed by atoms with Gasteiger partial charge in [-0.15, -0.1) is 0 Å². The number of likely N-dealkylation sites (N-methyl/N-ethyl adjacent to an activating group) is 1. The fourth-order valence-corrected chi connectivity index (χ4v) is 8.62. The van der Waals surface area contributed by atoms with Crippen LogP contribution in [0.5, 0.6) is 0 Å². The van der Waals surface area contributed by atoms with Gasteiger partial charge in [0.05, 0.1) is 35.9 Å². The highest BCUT2D eigenvalue weighted by Gasteiger charge is 2.58. The Hall–Kier alpha value is -1.35. The maximum Gasteiger partial charge on any atom is 0.311 e. The molecule has 290 valence electrons. The standard InChI is InChI=1S/C38H67NO11/c1-18-16-26(39(13)14)28(40)35(45-18)49-33-21(4)29(48-27-17-37(11,44-15)32(42)24(7)46-27)22(5)34(43)47-25(8)36(9,10)31(41)20(3)30-19(2)23(6)38(33,12)50-30/h18,20-29,31-33,35,40-42H,16-17H2,1-15H3/t18-,20+,21+,22-,23?,24+,25?,26?,27?,28?,29?,31?,32?,33?,35?,37-,38-/m1/s1. The summed E-state index contributed by atoms with van der Waals surface area (Å²) in [6.45, 7) is 22.9. The number of nitrogens with zero attached hydrogens (tertiary/aromatic N) is 1. The molecular formula is C38H67NO11. The van der Waals surface area contributed by atoms with Gasteiger partial charge in [-0.1, -0.05) is 34.6 Å². The minimum Gasteiger partial charge on any atom is -0.488 e. The summed E-state index contributed by atoms with van der Waals surface area (Å²) in [6, 6.07) is -0.214. The lowest BCUT2D eigenvalue weighted by Gasteiger charge is -2.49. The van der Waals surface area contributed by atoms with Gasteiger partial charge in [0, 0.05) is 42.7 Å². The first-order chi connectivity index (χ1) is 23.0. The van der Waals surface area contributed by atoms with Gasteiger partial charge in [-0.05, 0) is 74.6 Å². The van der Waals surface area contributed by atoms with Crippen LogP contribution in [-0.4, -0.2) is 126 Å². The number of esters is 1. The lowest BCUT2D eigenvalue weighted by molar-refractivity contribution is -0.318. The lowest BCUT2D eigenvalue weighted by Crippen LogP contribution is -2.61. The van der Waals surface area contributed by atoms with E-state index in [1.165, 1.54) is 0 Å². The van der Waals surface area contributed by atoms with E-state index >= 15 is 0 Å². The highest BCUT2D eigenvalue weighted by atomic mass is 16.7. The number of ether oxygens (including phenoxy) is 7. The molecule has 3 fully saturated rings. The number of rotatable bonds is 6. The van der Waals surface area contributed by atoms with E-state index in [1.54, 1.807) is 27.9 Å². The summed E-state index contributed by atoms with van der Waals surface area (Å²) in [5.41, 5.74) is -1.84. The first kappa shape index (κ1) is 41.4. The third kappa shape index (κ3) is 7.53. The van der Waals surface area contributed by atoms with Gasteiger partial charge in [0.2, 0.25) is 0 Å². The van der Waals surface area contributed by atoms with Crippen molar-refractivity contribution in [1.29, 1.82) is 0 Å². The molecule has 4 heterocycles. The van der Waals surface area contributed by atoms with Crippen LogP contribution in [0.3, 0.4) is 0 Å². The summed E-state index contributed by atoms with van der Waals surface area (Å²) in [4.78, 5) is 16.1. The molecule has 0 aromatic heterocycles. The van der Waals surface area contributed by atoms with Crippen LogP contribution in [0.25, 0.3) is 0 Å². The largest absolute Gasteiger partial charge is 0.488 e. The van der Waals surface area contributed by atoms with Crippen molar-refractivity contribution in [1.82, 2.24) is 4.90 Å². The van der Waals surface area contributed by atoms with E-state index in [2.05, 4.69) is 6.92 Å². The predicted octanol–water partition coefficient (Wildman–Crippen LogP) is 4.02. The van der Waals surface area contributed by atoms with Crippen molar-refractivity contribution < 1.29 is 53.3 Å². The second-order valence-corrected chi connectivity index (χ2v) is 17.0. The summed E-state index contributed by atoms with van der Waals surface area (Å²) in [6.07, 6.45) is -6.89. The summed E-state index contributed by atoms with van der Waals surface area (Å²) in [7, 11) is 5.40. The fraction of sp³-hybridized carbons (Fsp3) is 0.921. The van der Waals surface area contributed by atoms with E-state index in [0.29, 0.717) is 12.2 Å². The zero-order valence-electron chi connectivity index (χ0n) is 33.1. The zero-order valence-corrected chi connectivity index (χ0v) is 33.1. The van der Waals surface area contributed by atoms with Crippen LogP contribution in [0.15, 0.2) is 11.3 Å². The molecule has 10 unspecified atom stereocenters. The van der Waals surface area contributed by atoms with Crippen molar-refractivity contribution in [2.45, 2.75) is 175 Å². The lowest BCUT2D eigenvalue weighted by atomic mass is 9.73. The number of hydrogen-bond donors (Lipinski definition) is 3. The molecule has 3 saturated heterocycles. The zero-order chi connectivity index (χ0) is 37.8. The Kier molecular flexibility index (Phi) is 12.6. The first-order valence-corrected chi connectivity index (χ1v) is 18.5. The maximum absolute atomic E-state index is 14.1. The highest BCUT2D eigenvalue weighted by molar-refractivity contribution is 5.73. The van der Waals surface area contributed by atoms with Crippen molar-refractivity contribution in [3.8, 4) is 0 Å². The third-order valence-electron chi connectivity index (χ3n) is 13.0. The molecule has 0 radical (unpaired) electrons. The van der Waals surface area contributed by atoms with Gasteiger partial charge in [0.25, 0.3) is 0 Å². The van der Waals surface area contributed by atoms with Crippen molar-refractivity contribution in [3.05, 3.63) is 11.3 Å². The van der Waals surface area contributed by atoms with Crippen LogP contribution in [0, 0.1) is 29.1 Å². The molecule has 12 nitrogen and oxygen atoms in total. The number of cyclic esters (lactones) is 1. The summed E-state index contributed by atoms with van der Waals surface area (Å²) >= 11 is 0. The maximum atomic E-state index is 14.1. The second kappa shape index (κ2) is 15.2. The van der Waals surface area contributed by atoms with Crippen LogP contribution in [0.1, 0.15) is 95.9 Å². The SMILES string of the molecule is CO[C@]1(C)CC(OC2[C@H](C)C(OC3O[C@H](C)CC(N(C)C)C3O)[C@]3(C)OC(=C(C)C3C)[C@H](C)C(O)C(C)(C)C(C)OC(=O)[C@@H]2C)O[C@@H](C)C1O. The summed E-state index contributed by atoms with van der Waals surface area (Å²) < 4.78 is 45.2. The molecule has 0 aliphatic carbocycles. The second-order valence-electron chi connectivity index (χ2n) is 17.0. The average Bonchev–Trinajstić information content (AvgIpc) is 3.28. The molecule has 0 amide bonds. The Labute approximate surface area is 300 Å². The molecule has 0 aromatic carbocycles. The molecule has 4 aliphatic rings. The third-order valence-corrected chi connectivity index (χ3v) is 13.0. The fourth-order valence-electron chi connectivity index (χ4n) is 8.62. The van der Waals surface area contributed by atoms with Gasteiger partial charge >= 0.3 is 5.97 Å². The molecule has 4 rings (SSSR count). The topological polar surface area (TPSA) is 146 Å². The van der Waals surface area contributed by atoms with Crippen molar-refractivity contribution in [3.63, 3.8) is 0 Å². The number of methoxy groups -OCH3 is 1. The number of hydrogen-bond acceptors (Lipinski definition) is 12. The normalized spacial score (nSPS) is 49.1. The molecule has 12 heteroatoms. The van der Waals surface area contributed by atoms with E-state index in [4.69, 9.17) is 33.2 Å². The van der Waals surface area contributed by atoms with Gasteiger partial charge < -0.3 is 53.4 Å². The molecule has 0 spiro atoms. The first-order valence-electron chi connectivity index (χ1n) is 18.5. The van der Waals surface area contributed by atoms with Crippen LogP contribution < -0.4 is 0 Å². The molecule has 50 heavy (non-hydrogen) atoms. The van der Waals surface area contributed by atoms with Crippen molar-refractivity contribution in [2.75, 3.05) is 21.2 Å². The van der Waals surface area contributed by atoms with Crippen molar-refractivity contribution >= 4 is 5.97 Å². The number of carbonyl (C=O) groups excluding carboxylic acids is 1. The smallest absolute Gasteiger partial charge is 0.311 e. The number of carbonyl (C=O) groups is 1. The van der Waals surface area contributed by atoms with E-state index in [-0.39, 0.29) is 24.5 Å². The quantitative estimate of drug-likeness (QED) is 0.342. The number of aliphatic hydroxyl groups excluding tert-OH is 3. The average molecular weight is 714 g/mol. The monoisotopic (exact) mass is 713 g/mol. The van der Waals surface area contributed by atoms with Crippen LogP contribution in [-0.2, 0) is 38.0 Å². The molecule has 4 aliphatic heterocycles. The van der Waals surface area contributed by atoms with Gasteiger partial charge in [-0.2, -0.15) is 0 Å². The number of aliphatic hydroxyl groups is 3. The number of fused-ring (bicyclic) bond motifs is 2. The molecule has 2 bridgehead atoms. The van der Waals surface area contributed by atoms with E-state index in [9.17, 15) is 20.1 Å². The minimum atomic E-state index is -1.03. The minimum absolute atomic E-state index is 0.188. The Morgan fingerprint density at radius 3 is 2.08 bits per heavy atom. The molecule has 0 saturated carbocycles. The highest BCUT2D eigenvalue weighted by Crippen LogP contribution is 2.50. The molecule has 0 aromatic rings. The molecule has 3 N–H and O–H groups in total. The van der Waals surface area contributed by atoms with Gasteiger partial charge in [-0.3, -0.25) is 4.79 Å². The summed E-state index contributed by atoms with van der Waals surface area (Å²) in [5, 5.41) is 34.4. The van der Waals surface area contributed by atoms with E-state index in [0.717, 1.165) is 5.57 Å². The Morgan fingerprint density at radius 1 is 0.880 bits per heavy atom. The summed E-state index contributed by atoms with van der Waals surface area (Å²) in [5.74, 6) is -1.83. The Morgan fingerprint density at radius 2 is 1.50 bits per heavy atom. The van der Waals surface area contributed by atoms with Crippen LogP contribution in [0.4, 0.5) is 0 Å². The van der Waals surface area contributed by atoms with Gasteiger partial charge in [0.15, 0.2) is 12.6 Å². The van der Waals surface area contributed by atoms with E-state index < -0.39 is 95.6 Å². The van der Waals surface area contributed by atoms with Gasteiger partial charge in [0.1, 0.15) is 35.8 Å². The molecular weight excluding hydrogens is 646 g/mol. The van der Waals surface area contributed by atoms with Crippen LogP contribution in [0.2, 0.25) is 0 Å². The Bertz CT molecular complexity index is 1230. The Balaban J connectivity index is 1.86. The van der Waals surface area contributed by atoms with E-state index in [1.807, 2.05) is 74.4 Å². The van der Waals surface area contributed by atoms with Crippen LogP contribution >= 0.6 is 0 Å². The van der Waals surface area contributed by atoms with Gasteiger partial charge in [-0.25, -0.2) is 0 Å². The molecule has 17 atom stereocenters. The predicted molar refractivity (Wildman–Crippen MR) is 187 cm³/mol.